The van der Waals surface area contributed by atoms with Crippen LogP contribution in [0.1, 0.15) is 39.8 Å². The second-order valence-corrected chi connectivity index (χ2v) is 7.97. The molecule has 0 spiro atoms. The summed E-state index contributed by atoms with van der Waals surface area (Å²) < 4.78 is 0. The summed E-state index contributed by atoms with van der Waals surface area (Å²) in [5.74, 6) is 0.186. The third-order valence-corrected chi connectivity index (χ3v) is 5.98. The summed E-state index contributed by atoms with van der Waals surface area (Å²) in [5, 5.41) is 5.03. The molecule has 2 amide bonds. The molecule has 27 heavy (non-hydrogen) atoms. The van der Waals surface area contributed by atoms with Crippen molar-refractivity contribution < 1.29 is 9.59 Å². The number of likely N-dealkylation sites (tertiary alicyclic amines) is 1. The van der Waals surface area contributed by atoms with Crippen LogP contribution in [0.15, 0.2) is 35.7 Å². The molecule has 1 fully saturated rings. The molecule has 5 nitrogen and oxygen atoms in total. The van der Waals surface area contributed by atoms with E-state index in [1.165, 1.54) is 11.3 Å². The van der Waals surface area contributed by atoms with Gasteiger partial charge in [-0.3, -0.25) is 9.59 Å². The quantitative estimate of drug-likeness (QED) is 0.764. The van der Waals surface area contributed by atoms with Crippen molar-refractivity contribution in [3.8, 4) is 0 Å². The van der Waals surface area contributed by atoms with Gasteiger partial charge >= 0.3 is 0 Å². The Kier molecular flexibility index (Phi) is 7.68. The molecule has 8 heteroatoms. The number of nitrogens with two attached hydrogens (primary N) is 1. The van der Waals surface area contributed by atoms with Crippen molar-refractivity contribution in [3.05, 3.63) is 51.2 Å². The maximum absolute atomic E-state index is 12.8. The number of piperidine rings is 1. The standard InChI is InChI=1S/C19H22ClN3O2S.ClH/c1-12(21)13-6-8-23(9-7-13)19(25)14-4-5-15(20)16(11-14)22-18(24)17-3-2-10-26-17;/h2-5,10-13H,6-9,21H2,1H3,(H,22,24);1H. The number of carbonyl (C=O) groups is 2. The van der Waals surface area contributed by atoms with Crippen molar-refractivity contribution in [2.45, 2.75) is 25.8 Å². The summed E-state index contributed by atoms with van der Waals surface area (Å²) in [6.07, 6.45) is 1.83. The Morgan fingerprint density at radius 3 is 2.59 bits per heavy atom. The van der Waals surface area contributed by atoms with Crippen molar-refractivity contribution in [1.82, 2.24) is 4.90 Å². The van der Waals surface area contributed by atoms with Crippen LogP contribution < -0.4 is 11.1 Å². The maximum Gasteiger partial charge on any atom is 0.265 e. The van der Waals surface area contributed by atoms with Gasteiger partial charge in [0.1, 0.15) is 0 Å². The number of hydrogen-bond donors (Lipinski definition) is 2. The number of amides is 2. The highest BCUT2D eigenvalue weighted by molar-refractivity contribution is 7.12. The molecule has 1 atom stereocenters. The third-order valence-electron chi connectivity index (χ3n) is 4.78. The molecule has 146 valence electrons. The first kappa shape index (κ1) is 21.7. The molecule has 1 aliphatic heterocycles. The lowest BCUT2D eigenvalue weighted by molar-refractivity contribution is 0.0681. The monoisotopic (exact) mass is 427 g/mol. The number of anilines is 1. The van der Waals surface area contributed by atoms with E-state index in [0.29, 0.717) is 40.2 Å². The topological polar surface area (TPSA) is 75.4 Å². The number of hydrogen-bond acceptors (Lipinski definition) is 4. The Hall–Kier alpha value is -1.60. The minimum absolute atomic E-state index is 0. The molecule has 3 rings (SSSR count). The van der Waals surface area contributed by atoms with Crippen molar-refractivity contribution >= 4 is 52.8 Å². The molecule has 2 heterocycles. The molecule has 0 saturated carbocycles. The van der Waals surface area contributed by atoms with Gasteiger partial charge in [-0.05, 0) is 55.3 Å². The average Bonchev–Trinajstić information content (AvgIpc) is 3.18. The summed E-state index contributed by atoms with van der Waals surface area (Å²) in [6, 6.07) is 8.70. The highest BCUT2D eigenvalue weighted by Crippen LogP contribution is 2.26. The van der Waals surface area contributed by atoms with Crippen LogP contribution in [0.4, 0.5) is 5.69 Å². The lowest BCUT2D eigenvalue weighted by Crippen LogP contribution is -2.42. The Morgan fingerprint density at radius 2 is 2.00 bits per heavy atom. The van der Waals surface area contributed by atoms with Crippen LogP contribution in [-0.2, 0) is 0 Å². The predicted octanol–water partition coefficient (Wildman–Crippen LogP) is 4.28. The van der Waals surface area contributed by atoms with Gasteiger partial charge in [-0.25, -0.2) is 0 Å². The molecule has 1 saturated heterocycles. The van der Waals surface area contributed by atoms with Gasteiger partial charge in [-0.15, -0.1) is 23.7 Å². The van der Waals surface area contributed by atoms with Gasteiger partial charge in [0.05, 0.1) is 15.6 Å². The summed E-state index contributed by atoms with van der Waals surface area (Å²) in [5.41, 5.74) is 6.93. The Bertz CT molecular complexity index is 788. The van der Waals surface area contributed by atoms with Crippen LogP contribution in [0, 0.1) is 5.92 Å². The van der Waals surface area contributed by atoms with Crippen LogP contribution in [0.5, 0.6) is 0 Å². The van der Waals surface area contributed by atoms with Crippen LogP contribution in [0.2, 0.25) is 5.02 Å². The summed E-state index contributed by atoms with van der Waals surface area (Å²) in [6.45, 7) is 3.42. The van der Waals surface area contributed by atoms with E-state index in [-0.39, 0.29) is 30.3 Å². The van der Waals surface area contributed by atoms with Gasteiger partial charge in [0.2, 0.25) is 0 Å². The van der Waals surface area contributed by atoms with Gasteiger partial charge in [0, 0.05) is 24.7 Å². The fourth-order valence-corrected chi connectivity index (χ4v) is 3.94. The van der Waals surface area contributed by atoms with Gasteiger partial charge in [-0.2, -0.15) is 0 Å². The Morgan fingerprint density at radius 1 is 1.30 bits per heavy atom. The number of carbonyl (C=O) groups excluding carboxylic acids is 2. The number of nitrogens with one attached hydrogen (secondary N) is 1. The van der Waals surface area contributed by atoms with Crippen LogP contribution in [0.3, 0.4) is 0 Å². The zero-order chi connectivity index (χ0) is 18.7. The molecule has 2 aromatic rings. The smallest absolute Gasteiger partial charge is 0.265 e. The van der Waals surface area contributed by atoms with Gasteiger partial charge in [0.25, 0.3) is 11.8 Å². The van der Waals surface area contributed by atoms with E-state index in [1.807, 2.05) is 23.3 Å². The number of halogens is 2. The summed E-state index contributed by atoms with van der Waals surface area (Å²) in [4.78, 5) is 27.5. The first-order valence-electron chi connectivity index (χ1n) is 8.65. The molecule has 1 unspecified atom stereocenters. The molecule has 0 bridgehead atoms. The van der Waals surface area contributed by atoms with Crippen molar-refractivity contribution in [3.63, 3.8) is 0 Å². The number of benzene rings is 1. The minimum Gasteiger partial charge on any atom is -0.339 e. The van der Waals surface area contributed by atoms with E-state index in [9.17, 15) is 9.59 Å². The lowest BCUT2D eigenvalue weighted by Gasteiger charge is -2.33. The van der Waals surface area contributed by atoms with E-state index in [4.69, 9.17) is 17.3 Å². The third kappa shape index (κ3) is 5.23. The van der Waals surface area contributed by atoms with Gasteiger partial charge < -0.3 is 16.0 Å². The Balaban J connectivity index is 0.00000261. The van der Waals surface area contributed by atoms with E-state index in [2.05, 4.69) is 5.32 Å². The Labute approximate surface area is 174 Å². The first-order valence-corrected chi connectivity index (χ1v) is 9.90. The fourth-order valence-electron chi connectivity index (χ4n) is 3.16. The van der Waals surface area contributed by atoms with Crippen LogP contribution in [-0.4, -0.2) is 35.8 Å². The molecule has 1 aromatic heterocycles. The zero-order valence-electron chi connectivity index (χ0n) is 15.0. The molecule has 1 aliphatic rings. The summed E-state index contributed by atoms with van der Waals surface area (Å²) in [7, 11) is 0. The summed E-state index contributed by atoms with van der Waals surface area (Å²) >= 11 is 7.55. The zero-order valence-corrected chi connectivity index (χ0v) is 17.4. The number of thiophene rings is 1. The molecular weight excluding hydrogens is 405 g/mol. The van der Waals surface area contributed by atoms with E-state index in [0.717, 1.165) is 12.8 Å². The van der Waals surface area contributed by atoms with Crippen LogP contribution in [0.25, 0.3) is 0 Å². The van der Waals surface area contributed by atoms with Crippen LogP contribution >= 0.6 is 35.3 Å². The second-order valence-electron chi connectivity index (χ2n) is 6.61. The minimum atomic E-state index is -0.232. The largest absolute Gasteiger partial charge is 0.339 e. The molecule has 1 aromatic carbocycles. The normalized spacial score (nSPS) is 15.7. The predicted molar refractivity (Wildman–Crippen MR) is 113 cm³/mol. The average molecular weight is 428 g/mol. The highest BCUT2D eigenvalue weighted by Gasteiger charge is 2.26. The number of rotatable bonds is 4. The lowest BCUT2D eigenvalue weighted by atomic mass is 9.90. The molecule has 0 aliphatic carbocycles. The van der Waals surface area contributed by atoms with Crippen molar-refractivity contribution in [2.24, 2.45) is 11.7 Å². The SMILES string of the molecule is CC(N)C1CCN(C(=O)c2ccc(Cl)c(NC(=O)c3cccs3)c2)CC1.Cl. The van der Waals surface area contributed by atoms with E-state index < -0.39 is 0 Å². The highest BCUT2D eigenvalue weighted by atomic mass is 35.5. The molecule has 0 radical (unpaired) electrons. The van der Waals surface area contributed by atoms with Crippen molar-refractivity contribution in [2.75, 3.05) is 18.4 Å². The van der Waals surface area contributed by atoms with E-state index >= 15 is 0 Å². The fraction of sp³-hybridized carbons (Fsp3) is 0.368. The first-order chi connectivity index (χ1) is 12.5. The van der Waals surface area contributed by atoms with E-state index in [1.54, 1.807) is 24.3 Å². The number of nitrogens with zero attached hydrogens (tertiary/aromatic N) is 1. The van der Waals surface area contributed by atoms with Gasteiger partial charge in [-0.1, -0.05) is 17.7 Å². The molecule has 3 N–H and O–H groups in total. The second kappa shape index (κ2) is 9.55. The van der Waals surface area contributed by atoms with Crippen molar-refractivity contribution in [1.29, 1.82) is 0 Å². The van der Waals surface area contributed by atoms with Gasteiger partial charge in [0.15, 0.2) is 0 Å². The maximum atomic E-state index is 12.8. The molecular formula is C19H23Cl2N3O2S.